The van der Waals surface area contributed by atoms with Crippen LogP contribution in [0.3, 0.4) is 0 Å². The maximum Gasteiger partial charge on any atom is 0.107 e. The highest BCUT2D eigenvalue weighted by Gasteiger charge is 2.15. The van der Waals surface area contributed by atoms with E-state index < -0.39 is 0 Å². The van der Waals surface area contributed by atoms with Gasteiger partial charge in [-0.2, -0.15) is 0 Å². The second kappa shape index (κ2) is 5.75. The van der Waals surface area contributed by atoms with Crippen LogP contribution in [-0.2, 0) is 13.1 Å². The molecule has 1 N–H and O–H groups in total. The fraction of sp³-hybridized carbons (Fsp3) is 0.750. The van der Waals surface area contributed by atoms with E-state index in [4.69, 9.17) is 0 Å². The van der Waals surface area contributed by atoms with Gasteiger partial charge in [-0.25, -0.2) is 4.98 Å². The van der Waals surface area contributed by atoms with Gasteiger partial charge in [0.05, 0.1) is 5.69 Å². The van der Waals surface area contributed by atoms with Crippen molar-refractivity contribution in [3.05, 3.63) is 16.1 Å². The number of rotatable bonds is 6. The molecule has 0 atom stereocenters. The van der Waals surface area contributed by atoms with Crippen molar-refractivity contribution in [2.24, 2.45) is 5.92 Å². The van der Waals surface area contributed by atoms with Gasteiger partial charge in [-0.3, -0.25) is 4.90 Å². The van der Waals surface area contributed by atoms with Crippen molar-refractivity contribution in [1.82, 2.24) is 15.2 Å². The van der Waals surface area contributed by atoms with Crippen molar-refractivity contribution in [3.8, 4) is 0 Å². The monoisotopic (exact) mass is 239 g/mol. The van der Waals surface area contributed by atoms with Gasteiger partial charge in [-0.15, -0.1) is 11.3 Å². The number of aromatic nitrogens is 1. The van der Waals surface area contributed by atoms with Crippen LogP contribution in [0.15, 0.2) is 5.38 Å². The predicted molar refractivity (Wildman–Crippen MR) is 68.6 cm³/mol. The molecule has 1 aromatic rings. The Kier molecular flexibility index (Phi) is 4.32. The Hall–Kier alpha value is -0.450. The summed E-state index contributed by atoms with van der Waals surface area (Å²) in [5, 5.41) is 6.85. The zero-order valence-corrected chi connectivity index (χ0v) is 11.0. The molecule has 1 fully saturated rings. The van der Waals surface area contributed by atoms with Crippen molar-refractivity contribution >= 4 is 11.3 Å². The van der Waals surface area contributed by atoms with Gasteiger partial charge in [-0.05, 0) is 32.0 Å². The summed E-state index contributed by atoms with van der Waals surface area (Å²) in [6, 6.07) is 0. The van der Waals surface area contributed by atoms with Crippen LogP contribution in [0.25, 0.3) is 0 Å². The lowest BCUT2D eigenvalue weighted by molar-refractivity contribution is 0.170. The minimum absolute atomic E-state index is 0.709. The first kappa shape index (κ1) is 12.0. The normalized spacial score (nSPS) is 16.7. The number of thiazole rings is 1. The number of nitrogens with one attached hydrogen (secondary N) is 1. The van der Waals surface area contributed by atoms with Crippen LogP contribution in [0.1, 0.15) is 31.0 Å². The molecule has 0 radical (unpaired) electrons. The van der Waals surface area contributed by atoms with Gasteiger partial charge in [0.1, 0.15) is 5.01 Å². The van der Waals surface area contributed by atoms with Crippen LogP contribution in [0, 0.1) is 5.92 Å². The van der Waals surface area contributed by atoms with Gasteiger partial charge in [0.2, 0.25) is 0 Å². The molecular formula is C12H21N3S. The Balaban J connectivity index is 1.73. The first-order valence-corrected chi connectivity index (χ1v) is 6.98. The van der Waals surface area contributed by atoms with Crippen LogP contribution in [-0.4, -0.2) is 29.5 Å². The van der Waals surface area contributed by atoms with Crippen LogP contribution in [0.5, 0.6) is 0 Å². The van der Waals surface area contributed by atoms with E-state index in [1.165, 1.54) is 30.2 Å². The summed E-state index contributed by atoms with van der Waals surface area (Å²) in [4.78, 5) is 7.09. The smallest absolute Gasteiger partial charge is 0.107 e. The Morgan fingerprint density at radius 1 is 1.50 bits per heavy atom. The third-order valence-corrected chi connectivity index (χ3v) is 3.66. The summed E-state index contributed by atoms with van der Waals surface area (Å²) >= 11 is 1.78. The second-order valence-electron chi connectivity index (χ2n) is 4.89. The fourth-order valence-corrected chi connectivity index (χ4v) is 2.49. The minimum Gasteiger partial charge on any atom is -0.310 e. The van der Waals surface area contributed by atoms with E-state index >= 15 is 0 Å². The van der Waals surface area contributed by atoms with Crippen molar-refractivity contribution in [3.63, 3.8) is 0 Å². The molecule has 0 saturated carbocycles. The molecule has 1 aromatic heterocycles. The van der Waals surface area contributed by atoms with Gasteiger partial charge >= 0.3 is 0 Å². The van der Waals surface area contributed by atoms with E-state index in [0.717, 1.165) is 19.6 Å². The van der Waals surface area contributed by atoms with Crippen molar-refractivity contribution in [2.75, 3.05) is 19.6 Å². The van der Waals surface area contributed by atoms with E-state index in [-0.39, 0.29) is 0 Å². The Bertz CT molecular complexity index is 318. The number of hydrogen-bond donors (Lipinski definition) is 1. The van der Waals surface area contributed by atoms with Crippen LogP contribution < -0.4 is 5.32 Å². The molecule has 0 aromatic carbocycles. The largest absolute Gasteiger partial charge is 0.310 e. The maximum absolute atomic E-state index is 4.64. The Morgan fingerprint density at radius 3 is 2.94 bits per heavy atom. The number of hydrogen-bond acceptors (Lipinski definition) is 4. The minimum atomic E-state index is 0.709. The van der Waals surface area contributed by atoms with Crippen LogP contribution in [0.2, 0.25) is 0 Å². The molecule has 2 heterocycles. The molecule has 2 rings (SSSR count). The molecular weight excluding hydrogens is 218 g/mol. The third-order valence-electron chi connectivity index (χ3n) is 2.76. The molecule has 1 aliphatic rings. The third kappa shape index (κ3) is 3.54. The average molecular weight is 239 g/mol. The number of nitrogens with zero attached hydrogens (tertiary/aromatic N) is 2. The van der Waals surface area contributed by atoms with Crippen molar-refractivity contribution < 1.29 is 0 Å². The Morgan fingerprint density at radius 2 is 2.31 bits per heavy atom. The highest BCUT2D eigenvalue weighted by atomic mass is 32.1. The Labute approximate surface area is 102 Å². The van der Waals surface area contributed by atoms with E-state index in [9.17, 15) is 0 Å². The molecule has 0 aliphatic carbocycles. The molecule has 90 valence electrons. The van der Waals surface area contributed by atoms with Gasteiger partial charge in [0.25, 0.3) is 0 Å². The van der Waals surface area contributed by atoms with E-state index in [1.54, 1.807) is 11.3 Å². The quantitative estimate of drug-likeness (QED) is 0.824. The van der Waals surface area contributed by atoms with Gasteiger partial charge < -0.3 is 5.32 Å². The molecule has 0 unspecified atom stereocenters. The molecule has 0 bridgehead atoms. The van der Waals surface area contributed by atoms with E-state index in [1.807, 2.05) is 0 Å². The summed E-state index contributed by atoms with van der Waals surface area (Å²) in [7, 11) is 0. The summed E-state index contributed by atoms with van der Waals surface area (Å²) in [5.74, 6) is 0.709. The molecule has 0 amide bonds. The standard InChI is InChI=1S/C12H21N3S/c1-10(2)6-13-7-12-14-11(9-16-12)8-15-4-3-5-15/h9-10,13H,3-8H2,1-2H3. The summed E-state index contributed by atoms with van der Waals surface area (Å²) in [5.41, 5.74) is 1.24. The molecule has 3 nitrogen and oxygen atoms in total. The SMILES string of the molecule is CC(C)CNCc1nc(CN2CCC2)cs1. The first-order valence-electron chi connectivity index (χ1n) is 6.10. The first-order chi connectivity index (χ1) is 7.74. The molecule has 16 heavy (non-hydrogen) atoms. The topological polar surface area (TPSA) is 28.2 Å². The van der Waals surface area contributed by atoms with E-state index in [0.29, 0.717) is 5.92 Å². The summed E-state index contributed by atoms with van der Waals surface area (Å²) in [6.45, 7) is 9.98. The van der Waals surface area contributed by atoms with Gasteiger partial charge in [-0.1, -0.05) is 13.8 Å². The summed E-state index contributed by atoms with van der Waals surface area (Å²) in [6.07, 6.45) is 1.35. The molecule has 1 aliphatic heterocycles. The predicted octanol–water partition coefficient (Wildman–Crippen LogP) is 2.09. The lowest BCUT2D eigenvalue weighted by Crippen LogP contribution is -2.36. The highest BCUT2D eigenvalue weighted by Crippen LogP contribution is 2.15. The zero-order chi connectivity index (χ0) is 11.4. The summed E-state index contributed by atoms with van der Waals surface area (Å²) < 4.78 is 0. The number of likely N-dealkylation sites (tertiary alicyclic amines) is 1. The van der Waals surface area contributed by atoms with E-state index in [2.05, 4.69) is 34.4 Å². The average Bonchev–Trinajstić information content (AvgIpc) is 2.59. The molecule has 0 spiro atoms. The lowest BCUT2D eigenvalue weighted by atomic mass is 10.2. The van der Waals surface area contributed by atoms with Crippen molar-refractivity contribution in [2.45, 2.75) is 33.4 Å². The van der Waals surface area contributed by atoms with Crippen molar-refractivity contribution in [1.29, 1.82) is 0 Å². The van der Waals surface area contributed by atoms with Gasteiger partial charge in [0, 0.05) is 18.5 Å². The van der Waals surface area contributed by atoms with Gasteiger partial charge in [0.15, 0.2) is 0 Å². The van der Waals surface area contributed by atoms with Crippen LogP contribution in [0.4, 0.5) is 0 Å². The van der Waals surface area contributed by atoms with Crippen LogP contribution >= 0.6 is 11.3 Å². The second-order valence-corrected chi connectivity index (χ2v) is 5.83. The molecule has 1 saturated heterocycles. The fourth-order valence-electron chi connectivity index (χ4n) is 1.74. The molecule has 4 heteroatoms. The zero-order valence-electron chi connectivity index (χ0n) is 10.2. The lowest BCUT2D eigenvalue weighted by Gasteiger charge is -2.29. The maximum atomic E-state index is 4.64. The highest BCUT2D eigenvalue weighted by molar-refractivity contribution is 7.09.